The molecule has 3 rings (SSSR count). The molecular weight excluding hydrogens is 273 g/mol. The van der Waals surface area contributed by atoms with Crippen LogP contribution < -0.4 is 4.90 Å². The standard InChI is InChI=1S/C16H14FNO3/c17-12-3-1-10-5-6-18(13(10)8-12)9-16(21)11-2-4-14(19)15(20)7-11/h1-4,7-8,19-20H,5-6,9H2. The fourth-order valence-electron chi connectivity index (χ4n) is 2.54. The maximum atomic E-state index is 13.3. The quantitative estimate of drug-likeness (QED) is 0.672. The Morgan fingerprint density at radius 2 is 1.95 bits per heavy atom. The number of hydrogen-bond acceptors (Lipinski definition) is 4. The molecule has 0 bridgehead atoms. The molecule has 1 aliphatic rings. The molecule has 0 unspecified atom stereocenters. The average Bonchev–Trinajstić information content (AvgIpc) is 2.84. The van der Waals surface area contributed by atoms with E-state index in [2.05, 4.69) is 0 Å². The summed E-state index contributed by atoms with van der Waals surface area (Å²) < 4.78 is 13.3. The van der Waals surface area contributed by atoms with Crippen molar-refractivity contribution < 1.29 is 19.4 Å². The van der Waals surface area contributed by atoms with Crippen LogP contribution in [0.15, 0.2) is 36.4 Å². The van der Waals surface area contributed by atoms with E-state index < -0.39 is 0 Å². The number of nitrogens with zero attached hydrogens (tertiary/aromatic N) is 1. The SMILES string of the molecule is O=C(CN1CCc2ccc(F)cc21)c1ccc(O)c(O)c1. The molecule has 0 spiro atoms. The number of fused-ring (bicyclic) bond motifs is 1. The van der Waals surface area contributed by atoms with Crippen LogP contribution in [0.5, 0.6) is 11.5 Å². The minimum absolute atomic E-state index is 0.112. The van der Waals surface area contributed by atoms with E-state index in [0.717, 1.165) is 17.7 Å². The highest BCUT2D eigenvalue weighted by molar-refractivity contribution is 6.00. The highest BCUT2D eigenvalue weighted by atomic mass is 19.1. The second-order valence-corrected chi connectivity index (χ2v) is 5.07. The van der Waals surface area contributed by atoms with Gasteiger partial charge in [0.25, 0.3) is 0 Å². The number of phenols is 2. The topological polar surface area (TPSA) is 60.8 Å². The Labute approximate surface area is 121 Å². The Morgan fingerprint density at radius 3 is 2.71 bits per heavy atom. The third-order valence-corrected chi connectivity index (χ3v) is 3.67. The molecule has 108 valence electrons. The van der Waals surface area contributed by atoms with Gasteiger partial charge >= 0.3 is 0 Å². The summed E-state index contributed by atoms with van der Waals surface area (Å²) in [5.74, 6) is -1.10. The van der Waals surface area contributed by atoms with Gasteiger partial charge in [-0.25, -0.2) is 4.39 Å². The van der Waals surface area contributed by atoms with Crippen molar-refractivity contribution in [2.24, 2.45) is 0 Å². The summed E-state index contributed by atoms with van der Waals surface area (Å²) in [6.45, 7) is 0.773. The summed E-state index contributed by atoms with van der Waals surface area (Å²) in [5, 5.41) is 18.7. The Balaban J connectivity index is 1.80. The van der Waals surface area contributed by atoms with Crippen molar-refractivity contribution in [3.05, 3.63) is 53.3 Å². The maximum absolute atomic E-state index is 13.3. The van der Waals surface area contributed by atoms with Crippen LogP contribution in [0.1, 0.15) is 15.9 Å². The van der Waals surface area contributed by atoms with Crippen LogP contribution in [0.2, 0.25) is 0 Å². The van der Waals surface area contributed by atoms with Gasteiger partial charge in [-0.15, -0.1) is 0 Å². The van der Waals surface area contributed by atoms with Crippen LogP contribution in [0.4, 0.5) is 10.1 Å². The van der Waals surface area contributed by atoms with Crippen molar-refractivity contribution in [1.29, 1.82) is 0 Å². The maximum Gasteiger partial charge on any atom is 0.182 e. The van der Waals surface area contributed by atoms with Crippen LogP contribution in [0.3, 0.4) is 0 Å². The van der Waals surface area contributed by atoms with Gasteiger partial charge < -0.3 is 15.1 Å². The molecule has 0 amide bonds. The fourth-order valence-corrected chi connectivity index (χ4v) is 2.54. The molecule has 5 heteroatoms. The molecule has 4 nitrogen and oxygen atoms in total. The Bertz CT molecular complexity index is 715. The Morgan fingerprint density at radius 1 is 1.14 bits per heavy atom. The Kier molecular flexibility index (Phi) is 3.25. The number of anilines is 1. The molecule has 2 aromatic carbocycles. The lowest BCUT2D eigenvalue weighted by molar-refractivity contribution is 0.0999. The zero-order chi connectivity index (χ0) is 15.0. The lowest BCUT2D eigenvalue weighted by atomic mass is 10.1. The summed E-state index contributed by atoms with van der Waals surface area (Å²) in [6.07, 6.45) is 0.781. The van der Waals surface area contributed by atoms with Gasteiger partial charge in [0.15, 0.2) is 17.3 Å². The number of hydrogen-bond donors (Lipinski definition) is 2. The average molecular weight is 287 g/mol. The molecule has 0 fully saturated rings. The lowest BCUT2D eigenvalue weighted by Crippen LogP contribution is -2.28. The van der Waals surface area contributed by atoms with Crippen molar-refractivity contribution in [2.45, 2.75) is 6.42 Å². The molecule has 0 aromatic heterocycles. The number of benzene rings is 2. The highest BCUT2D eigenvalue weighted by Gasteiger charge is 2.22. The molecule has 0 atom stereocenters. The van der Waals surface area contributed by atoms with Gasteiger partial charge in [0, 0.05) is 17.8 Å². The molecular formula is C16H14FNO3. The monoisotopic (exact) mass is 287 g/mol. The van der Waals surface area contributed by atoms with Gasteiger partial charge in [0.1, 0.15) is 5.82 Å². The summed E-state index contributed by atoms with van der Waals surface area (Å²) in [6, 6.07) is 8.56. The first-order valence-corrected chi connectivity index (χ1v) is 6.63. The van der Waals surface area contributed by atoms with Gasteiger partial charge in [-0.05, 0) is 42.3 Å². The van der Waals surface area contributed by atoms with E-state index in [0.29, 0.717) is 12.1 Å². The molecule has 0 aliphatic carbocycles. The second kappa shape index (κ2) is 5.09. The van der Waals surface area contributed by atoms with Crippen LogP contribution in [0, 0.1) is 5.82 Å². The largest absolute Gasteiger partial charge is 0.504 e. The normalized spacial score (nSPS) is 13.3. The second-order valence-electron chi connectivity index (χ2n) is 5.07. The summed E-state index contributed by atoms with van der Waals surface area (Å²) in [5.41, 5.74) is 2.08. The van der Waals surface area contributed by atoms with Crippen LogP contribution >= 0.6 is 0 Å². The van der Waals surface area contributed by atoms with E-state index in [4.69, 9.17) is 0 Å². The molecule has 21 heavy (non-hydrogen) atoms. The molecule has 1 aliphatic heterocycles. The smallest absolute Gasteiger partial charge is 0.182 e. The van der Waals surface area contributed by atoms with E-state index in [1.54, 1.807) is 6.07 Å². The first-order valence-electron chi connectivity index (χ1n) is 6.63. The van der Waals surface area contributed by atoms with Gasteiger partial charge in [-0.2, -0.15) is 0 Å². The summed E-state index contributed by atoms with van der Waals surface area (Å²) in [4.78, 5) is 14.1. The molecule has 1 heterocycles. The van der Waals surface area contributed by atoms with Gasteiger partial charge in [0.2, 0.25) is 0 Å². The Hall–Kier alpha value is -2.56. The third-order valence-electron chi connectivity index (χ3n) is 3.67. The minimum Gasteiger partial charge on any atom is -0.504 e. The lowest BCUT2D eigenvalue weighted by Gasteiger charge is -2.18. The van der Waals surface area contributed by atoms with Crippen molar-refractivity contribution in [1.82, 2.24) is 0 Å². The summed E-state index contributed by atoms with van der Waals surface area (Å²) in [7, 11) is 0. The van der Waals surface area contributed by atoms with Gasteiger partial charge in [-0.1, -0.05) is 6.07 Å². The van der Waals surface area contributed by atoms with Crippen LogP contribution in [-0.4, -0.2) is 29.1 Å². The molecule has 0 radical (unpaired) electrons. The van der Waals surface area contributed by atoms with Gasteiger partial charge in [-0.3, -0.25) is 4.79 Å². The van der Waals surface area contributed by atoms with E-state index in [1.165, 1.54) is 30.3 Å². The van der Waals surface area contributed by atoms with Crippen LogP contribution in [-0.2, 0) is 6.42 Å². The van der Waals surface area contributed by atoms with Crippen molar-refractivity contribution in [3.63, 3.8) is 0 Å². The van der Waals surface area contributed by atoms with Gasteiger partial charge in [0.05, 0.1) is 6.54 Å². The minimum atomic E-state index is -0.325. The fraction of sp³-hybridized carbons (Fsp3) is 0.188. The number of halogens is 1. The van der Waals surface area contributed by atoms with E-state index >= 15 is 0 Å². The van der Waals surface area contributed by atoms with E-state index in [9.17, 15) is 19.4 Å². The number of ketones is 1. The number of aromatic hydroxyl groups is 2. The first kappa shape index (κ1) is 13.4. The molecule has 0 saturated carbocycles. The molecule has 2 N–H and O–H groups in total. The number of Topliss-reactive ketones (excluding diaryl/α,β-unsaturated/α-hetero) is 1. The summed E-state index contributed by atoms with van der Waals surface area (Å²) >= 11 is 0. The number of carbonyl (C=O) groups is 1. The molecule has 0 saturated heterocycles. The van der Waals surface area contributed by atoms with Crippen molar-refractivity contribution in [3.8, 4) is 11.5 Å². The van der Waals surface area contributed by atoms with E-state index in [1.807, 2.05) is 4.90 Å². The zero-order valence-corrected chi connectivity index (χ0v) is 11.2. The number of carbonyl (C=O) groups excluding carboxylic acids is 1. The van der Waals surface area contributed by atoms with Crippen molar-refractivity contribution >= 4 is 11.5 Å². The predicted molar refractivity (Wildman–Crippen MR) is 76.4 cm³/mol. The third kappa shape index (κ3) is 2.54. The number of rotatable bonds is 3. The first-order chi connectivity index (χ1) is 10.0. The van der Waals surface area contributed by atoms with E-state index in [-0.39, 0.29) is 29.6 Å². The van der Waals surface area contributed by atoms with Crippen LogP contribution in [0.25, 0.3) is 0 Å². The highest BCUT2D eigenvalue weighted by Crippen LogP contribution is 2.29. The van der Waals surface area contributed by atoms with Crippen molar-refractivity contribution in [2.75, 3.05) is 18.0 Å². The predicted octanol–water partition coefficient (Wildman–Crippen LogP) is 2.48. The zero-order valence-electron chi connectivity index (χ0n) is 11.2. The molecule has 2 aromatic rings. The number of phenolic OH excluding ortho intramolecular Hbond substituents is 2.